The Hall–Kier alpha value is -4.49. The lowest BCUT2D eigenvalue weighted by Gasteiger charge is -2.36. The van der Waals surface area contributed by atoms with Crippen LogP contribution in [0.1, 0.15) is 45.9 Å². The molecule has 0 spiro atoms. The molecular formula is C32H31F2N5O5S. The number of aliphatic imine (C=N–C) groups is 1. The van der Waals surface area contributed by atoms with E-state index in [-0.39, 0.29) is 29.9 Å². The number of benzene rings is 2. The molecule has 2 fully saturated rings. The summed E-state index contributed by atoms with van der Waals surface area (Å²) in [6.45, 7) is 5.26. The van der Waals surface area contributed by atoms with Crippen LogP contribution in [-0.2, 0) is 14.3 Å². The van der Waals surface area contributed by atoms with Crippen LogP contribution in [0.25, 0.3) is 0 Å². The monoisotopic (exact) mass is 635 g/mol. The van der Waals surface area contributed by atoms with Crippen LogP contribution in [0.3, 0.4) is 0 Å². The number of carboxylic acid groups (broad SMARTS) is 1. The first kappa shape index (κ1) is 30.5. The predicted molar refractivity (Wildman–Crippen MR) is 163 cm³/mol. The third kappa shape index (κ3) is 5.85. The van der Waals surface area contributed by atoms with Crippen LogP contribution in [0.5, 0.6) is 0 Å². The maximum atomic E-state index is 14.7. The van der Waals surface area contributed by atoms with Gasteiger partial charge in [-0.05, 0) is 62.2 Å². The van der Waals surface area contributed by atoms with Gasteiger partial charge in [0.05, 0.1) is 17.7 Å². The Morgan fingerprint density at radius 2 is 2.00 bits per heavy atom. The molecule has 4 heterocycles. The summed E-state index contributed by atoms with van der Waals surface area (Å²) < 4.78 is 34.7. The third-order valence-corrected chi connectivity index (χ3v) is 9.34. The molecule has 0 bridgehead atoms. The summed E-state index contributed by atoms with van der Waals surface area (Å²) >= 11 is 1.38. The number of halogens is 2. The number of carbonyl (C=O) groups excluding carboxylic acids is 2. The fourth-order valence-electron chi connectivity index (χ4n) is 6.35. The Kier molecular flexibility index (Phi) is 8.47. The zero-order chi connectivity index (χ0) is 31.8. The number of ether oxygens (including phenoxy) is 1. The van der Waals surface area contributed by atoms with Gasteiger partial charge in [-0.2, -0.15) is 0 Å². The number of carbonyl (C=O) groups is 3. The van der Waals surface area contributed by atoms with Gasteiger partial charge in [0.2, 0.25) is 5.91 Å². The topological polar surface area (TPSA) is 124 Å². The SMILES string of the molecule is CCOC(=O)C1=C(CN2CC[C@@H]3C(=O)N(c4ccc(C(=O)O)c(F)c4)C[C@@H]3C2)NC(c2nccs2)=NC1c1cccc(F)c1C. The Morgan fingerprint density at radius 1 is 1.18 bits per heavy atom. The maximum Gasteiger partial charge on any atom is 0.338 e. The van der Waals surface area contributed by atoms with Gasteiger partial charge >= 0.3 is 11.9 Å². The van der Waals surface area contributed by atoms with Gasteiger partial charge in [-0.1, -0.05) is 12.1 Å². The molecule has 6 rings (SSSR count). The minimum atomic E-state index is -1.37. The molecule has 3 aliphatic rings. The molecule has 2 saturated heterocycles. The van der Waals surface area contributed by atoms with Gasteiger partial charge in [0.1, 0.15) is 17.7 Å². The summed E-state index contributed by atoms with van der Waals surface area (Å²) in [5.41, 5.74) is 1.64. The number of likely N-dealkylation sites (tertiary alicyclic amines) is 1. The molecule has 0 radical (unpaired) electrons. The number of nitrogens with zero attached hydrogens (tertiary/aromatic N) is 4. The van der Waals surface area contributed by atoms with Gasteiger partial charge in [-0.3, -0.25) is 14.7 Å². The quantitative estimate of drug-likeness (QED) is 0.351. The highest BCUT2D eigenvalue weighted by molar-refractivity contribution is 7.11. The minimum Gasteiger partial charge on any atom is -0.478 e. The van der Waals surface area contributed by atoms with Crippen molar-refractivity contribution in [2.45, 2.75) is 26.3 Å². The van der Waals surface area contributed by atoms with Crippen LogP contribution < -0.4 is 10.2 Å². The van der Waals surface area contributed by atoms with Gasteiger partial charge in [0, 0.05) is 54.4 Å². The fraction of sp³-hybridized carbons (Fsp3) is 0.344. The average molecular weight is 636 g/mol. The average Bonchev–Trinajstić information content (AvgIpc) is 3.66. The molecule has 3 aliphatic heterocycles. The number of anilines is 1. The van der Waals surface area contributed by atoms with Crippen LogP contribution in [-0.4, -0.2) is 71.5 Å². The van der Waals surface area contributed by atoms with Crippen molar-refractivity contribution < 1.29 is 33.0 Å². The first-order chi connectivity index (χ1) is 21.7. The van der Waals surface area contributed by atoms with Gasteiger partial charge in [0.15, 0.2) is 10.8 Å². The molecule has 13 heteroatoms. The molecule has 2 N–H and O–H groups in total. The van der Waals surface area contributed by atoms with Crippen LogP contribution in [0, 0.1) is 30.4 Å². The maximum absolute atomic E-state index is 14.7. The van der Waals surface area contributed by atoms with E-state index in [1.807, 2.05) is 5.38 Å². The zero-order valence-corrected chi connectivity index (χ0v) is 25.4. The zero-order valence-electron chi connectivity index (χ0n) is 24.6. The smallest absolute Gasteiger partial charge is 0.338 e. The third-order valence-electron chi connectivity index (χ3n) is 8.56. The van der Waals surface area contributed by atoms with Crippen molar-refractivity contribution in [3.8, 4) is 0 Å². The van der Waals surface area contributed by atoms with E-state index >= 15 is 0 Å². The van der Waals surface area contributed by atoms with E-state index in [2.05, 4.69) is 15.2 Å². The van der Waals surface area contributed by atoms with Crippen molar-refractivity contribution in [3.05, 3.63) is 92.6 Å². The van der Waals surface area contributed by atoms with E-state index in [1.54, 1.807) is 32.2 Å². The van der Waals surface area contributed by atoms with Crippen molar-refractivity contribution in [3.63, 3.8) is 0 Å². The Labute approximate surface area is 262 Å². The standard InChI is InChI=1S/C32H31F2N5O5S/c1-3-44-32(43)26-25(36-28(29-35-10-12-45-29)37-27(26)20-5-4-6-23(33)17(20)2)16-38-11-9-21-18(14-38)15-39(30(21)40)19-7-8-22(31(41)42)24(34)13-19/h4-8,10,12-13,18,21,27H,3,9,11,14-16H2,1-2H3,(H,36,37)(H,41,42)/t18-,21-,27?/m0/s1. The molecule has 3 atom stereocenters. The number of piperidine rings is 1. The highest BCUT2D eigenvalue weighted by atomic mass is 32.1. The van der Waals surface area contributed by atoms with Crippen LogP contribution in [0.2, 0.25) is 0 Å². The van der Waals surface area contributed by atoms with Crippen molar-refractivity contribution in [2.75, 3.05) is 37.7 Å². The first-order valence-electron chi connectivity index (χ1n) is 14.6. The lowest BCUT2D eigenvalue weighted by molar-refractivity contribution is -0.139. The Balaban J connectivity index is 1.30. The number of amidine groups is 1. The number of hydrogen-bond acceptors (Lipinski definition) is 9. The first-order valence-corrected chi connectivity index (χ1v) is 15.5. The number of amides is 1. The van der Waals surface area contributed by atoms with E-state index in [9.17, 15) is 28.3 Å². The molecule has 3 aromatic rings. The van der Waals surface area contributed by atoms with E-state index < -0.39 is 35.2 Å². The highest BCUT2D eigenvalue weighted by Gasteiger charge is 2.45. The van der Waals surface area contributed by atoms with Crippen molar-refractivity contribution in [1.29, 1.82) is 0 Å². The summed E-state index contributed by atoms with van der Waals surface area (Å²) in [6, 6.07) is 7.60. The molecule has 0 aliphatic carbocycles. The molecule has 0 saturated carbocycles. The lowest BCUT2D eigenvalue weighted by atomic mass is 9.87. The van der Waals surface area contributed by atoms with Crippen LogP contribution in [0.15, 0.2) is 64.2 Å². The molecular weight excluding hydrogens is 604 g/mol. The van der Waals surface area contributed by atoms with Crippen LogP contribution in [0.4, 0.5) is 14.5 Å². The summed E-state index contributed by atoms with van der Waals surface area (Å²) in [6.07, 6.45) is 2.21. The largest absolute Gasteiger partial charge is 0.478 e. The van der Waals surface area contributed by atoms with E-state index in [0.29, 0.717) is 66.0 Å². The fourth-order valence-corrected chi connectivity index (χ4v) is 6.94. The van der Waals surface area contributed by atoms with E-state index in [4.69, 9.17) is 9.73 Å². The van der Waals surface area contributed by atoms with E-state index in [1.165, 1.54) is 34.4 Å². The molecule has 1 unspecified atom stereocenters. The summed E-state index contributed by atoms with van der Waals surface area (Å²) in [7, 11) is 0. The number of carboxylic acids is 1. The molecule has 1 aromatic heterocycles. The minimum absolute atomic E-state index is 0.0722. The lowest BCUT2D eigenvalue weighted by Crippen LogP contribution is -2.45. The molecule has 2 aromatic carbocycles. The van der Waals surface area contributed by atoms with Crippen LogP contribution >= 0.6 is 11.3 Å². The number of fused-ring (bicyclic) bond motifs is 1. The highest BCUT2D eigenvalue weighted by Crippen LogP contribution is 2.38. The van der Waals surface area contributed by atoms with Gasteiger partial charge in [-0.15, -0.1) is 11.3 Å². The number of rotatable bonds is 8. The molecule has 1 amide bonds. The summed E-state index contributed by atoms with van der Waals surface area (Å²) in [4.78, 5) is 51.0. The number of aromatic nitrogens is 1. The molecule has 10 nitrogen and oxygen atoms in total. The second-order valence-electron chi connectivity index (χ2n) is 11.2. The van der Waals surface area contributed by atoms with Crippen molar-refractivity contribution >= 4 is 40.7 Å². The Morgan fingerprint density at radius 3 is 2.71 bits per heavy atom. The number of nitrogens with one attached hydrogen (secondary N) is 1. The van der Waals surface area contributed by atoms with Crippen molar-refractivity contribution in [1.82, 2.24) is 15.2 Å². The number of esters is 1. The van der Waals surface area contributed by atoms with Gasteiger partial charge in [0.25, 0.3) is 0 Å². The molecule has 234 valence electrons. The van der Waals surface area contributed by atoms with E-state index in [0.717, 1.165) is 6.07 Å². The Bertz CT molecular complexity index is 1730. The molecule has 45 heavy (non-hydrogen) atoms. The normalized spacial score (nSPS) is 21.8. The number of hydrogen-bond donors (Lipinski definition) is 2. The summed E-state index contributed by atoms with van der Waals surface area (Å²) in [5.74, 6) is -3.23. The van der Waals surface area contributed by atoms with Crippen molar-refractivity contribution in [2.24, 2.45) is 16.8 Å². The van der Waals surface area contributed by atoms with Gasteiger partial charge < -0.3 is 20.1 Å². The number of thiazole rings is 1. The summed E-state index contributed by atoms with van der Waals surface area (Å²) in [5, 5.41) is 14.9. The second-order valence-corrected chi connectivity index (χ2v) is 12.1. The predicted octanol–water partition coefficient (Wildman–Crippen LogP) is 4.32. The second kappa shape index (κ2) is 12.5. The van der Waals surface area contributed by atoms with Gasteiger partial charge in [-0.25, -0.2) is 23.4 Å². The number of aromatic carboxylic acids is 1.